The van der Waals surface area contributed by atoms with Crippen LogP contribution in [0, 0.1) is 35.3 Å². The predicted molar refractivity (Wildman–Crippen MR) is 102 cm³/mol. The largest absolute Gasteiger partial charge is 0.457 e. The van der Waals surface area contributed by atoms with Crippen molar-refractivity contribution in [3.63, 3.8) is 0 Å². The maximum Gasteiger partial charge on any atom is 0.289 e. The Kier molecular flexibility index (Phi) is 5.11. The molecule has 0 aliphatic rings. The van der Waals surface area contributed by atoms with Gasteiger partial charge in [-0.1, -0.05) is 11.6 Å². The van der Waals surface area contributed by atoms with Gasteiger partial charge in [-0.3, -0.25) is 14.9 Å². The number of nitriles is 1. The first kappa shape index (κ1) is 19.1. The zero-order valence-electron chi connectivity index (χ0n) is 14.8. The van der Waals surface area contributed by atoms with Gasteiger partial charge in [-0.2, -0.15) is 10.4 Å². The minimum Gasteiger partial charge on any atom is -0.457 e. The number of carbonyl (C=O) groups is 1. The highest BCUT2D eigenvalue weighted by Gasteiger charge is 2.18. The van der Waals surface area contributed by atoms with Crippen LogP contribution in [0.2, 0.25) is 5.02 Å². The smallest absolute Gasteiger partial charge is 0.289 e. The standard InChI is InChI=1S/C19H13ClN4O4/c1-11-7-12(2)23(22-11)19(25)14(10-21)8-15-4-6-18(28-15)13-3-5-16(20)17(9-13)24(26)27/h3-9H,1-2H3/b14-8+. The molecular weight excluding hydrogens is 384 g/mol. The fraction of sp³-hybridized carbons (Fsp3) is 0.105. The number of benzene rings is 1. The van der Waals surface area contributed by atoms with E-state index in [0.29, 0.717) is 22.7 Å². The van der Waals surface area contributed by atoms with E-state index in [-0.39, 0.29) is 22.0 Å². The van der Waals surface area contributed by atoms with Gasteiger partial charge in [-0.05, 0) is 44.2 Å². The number of allylic oxidation sites excluding steroid dienone is 1. The van der Waals surface area contributed by atoms with Crippen LogP contribution < -0.4 is 0 Å². The molecule has 0 saturated heterocycles. The van der Waals surface area contributed by atoms with E-state index < -0.39 is 10.8 Å². The van der Waals surface area contributed by atoms with Crippen LogP contribution in [-0.4, -0.2) is 20.6 Å². The summed E-state index contributed by atoms with van der Waals surface area (Å²) in [4.78, 5) is 23.0. The average Bonchev–Trinajstić information content (AvgIpc) is 3.25. The molecule has 0 fully saturated rings. The molecule has 28 heavy (non-hydrogen) atoms. The molecule has 0 bridgehead atoms. The minimum atomic E-state index is -0.587. The first-order chi connectivity index (χ1) is 13.3. The number of aryl methyl sites for hydroxylation is 2. The molecule has 0 unspecified atom stereocenters. The van der Waals surface area contributed by atoms with Gasteiger partial charge >= 0.3 is 0 Å². The number of rotatable bonds is 4. The number of furan rings is 1. The lowest BCUT2D eigenvalue weighted by molar-refractivity contribution is -0.384. The van der Waals surface area contributed by atoms with E-state index in [1.807, 2.05) is 6.07 Å². The van der Waals surface area contributed by atoms with Crippen molar-refractivity contribution in [2.45, 2.75) is 13.8 Å². The van der Waals surface area contributed by atoms with Crippen LogP contribution in [0.4, 0.5) is 5.69 Å². The van der Waals surface area contributed by atoms with Crippen LogP contribution in [0.15, 0.2) is 46.4 Å². The van der Waals surface area contributed by atoms with Gasteiger partial charge in [0, 0.05) is 23.4 Å². The van der Waals surface area contributed by atoms with Crippen LogP contribution >= 0.6 is 11.6 Å². The molecule has 8 nitrogen and oxygen atoms in total. The fourth-order valence-corrected chi connectivity index (χ4v) is 2.81. The summed E-state index contributed by atoms with van der Waals surface area (Å²) < 4.78 is 6.77. The number of aromatic nitrogens is 2. The average molecular weight is 397 g/mol. The molecule has 0 amide bonds. The second-order valence-corrected chi connectivity index (χ2v) is 6.35. The zero-order valence-corrected chi connectivity index (χ0v) is 15.6. The molecule has 0 aliphatic carbocycles. The molecule has 0 saturated carbocycles. The van der Waals surface area contributed by atoms with Crippen molar-refractivity contribution >= 4 is 29.3 Å². The van der Waals surface area contributed by atoms with Gasteiger partial charge in [-0.15, -0.1) is 0 Å². The third-order valence-electron chi connectivity index (χ3n) is 3.89. The van der Waals surface area contributed by atoms with Gasteiger partial charge in [0.15, 0.2) is 0 Å². The van der Waals surface area contributed by atoms with Crippen LogP contribution in [0.25, 0.3) is 17.4 Å². The molecule has 3 aromatic rings. The van der Waals surface area contributed by atoms with Crippen molar-refractivity contribution in [3.05, 3.63) is 74.3 Å². The fourth-order valence-electron chi connectivity index (χ4n) is 2.62. The van der Waals surface area contributed by atoms with Gasteiger partial charge < -0.3 is 4.42 Å². The lowest BCUT2D eigenvalue weighted by atomic mass is 10.1. The number of nitro groups is 1. The summed E-state index contributed by atoms with van der Waals surface area (Å²) in [7, 11) is 0. The quantitative estimate of drug-likeness (QED) is 0.276. The Morgan fingerprint density at radius 1 is 1.32 bits per heavy atom. The number of carbonyl (C=O) groups excluding carboxylic acids is 1. The molecule has 3 rings (SSSR count). The summed E-state index contributed by atoms with van der Waals surface area (Å²) in [5.74, 6) is 0.00841. The van der Waals surface area contributed by atoms with E-state index in [9.17, 15) is 20.2 Å². The van der Waals surface area contributed by atoms with Crippen molar-refractivity contribution in [2.24, 2.45) is 0 Å². The van der Waals surface area contributed by atoms with Crippen LogP contribution in [0.3, 0.4) is 0 Å². The predicted octanol–water partition coefficient (Wildman–Crippen LogP) is 4.57. The summed E-state index contributed by atoms with van der Waals surface area (Å²) >= 11 is 5.82. The van der Waals surface area contributed by atoms with Crippen LogP contribution in [0.5, 0.6) is 0 Å². The maximum absolute atomic E-state index is 12.5. The Labute approximate surface area is 164 Å². The zero-order chi connectivity index (χ0) is 20.4. The number of nitrogens with zero attached hydrogens (tertiary/aromatic N) is 4. The van der Waals surface area contributed by atoms with Crippen molar-refractivity contribution in [2.75, 3.05) is 0 Å². The molecule has 2 heterocycles. The van der Waals surface area contributed by atoms with E-state index in [1.54, 1.807) is 38.1 Å². The van der Waals surface area contributed by atoms with Crippen molar-refractivity contribution in [1.29, 1.82) is 5.26 Å². The first-order valence-electron chi connectivity index (χ1n) is 8.04. The highest BCUT2D eigenvalue weighted by Crippen LogP contribution is 2.31. The van der Waals surface area contributed by atoms with Crippen LogP contribution in [-0.2, 0) is 0 Å². The molecule has 0 N–H and O–H groups in total. The summed E-state index contributed by atoms with van der Waals surface area (Å²) in [6, 6.07) is 11.0. The Morgan fingerprint density at radius 3 is 2.68 bits per heavy atom. The minimum absolute atomic E-state index is 0.0164. The van der Waals surface area contributed by atoms with E-state index in [4.69, 9.17) is 16.0 Å². The number of hydrogen-bond acceptors (Lipinski definition) is 6. The molecule has 0 atom stereocenters. The van der Waals surface area contributed by atoms with Gasteiger partial charge in [0.05, 0.1) is 10.6 Å². The lowest BCUT2D eigenvalue weighted by Gasteiger charge is -2.01. The summed E-state index contributed by atoms with van der Waals surface area (Å²) in [5.41, 5.74) is 1.31. The van der Waals surface area contributed by atoms with Gasteiger partial charge in [-0.25, -0.2) is 4.68 Å². The Morgan fingerprint density at radius 2 is 2.07 bits per heavy atom. The molecule has 0 spiro atoms. The SMILES string of the molecule is Cc1cc(C)n(C(=O)/C(C#N)=C/c2ccc(-c3ccc(Cl)c([N+](=O)[O-])c3)o2)n1. The summed E-state index contributed by atoms with van der Waals surface area (Å²) in [6.45, 7) is 3.46. The van der Waals surface area contributed by atoms with Crippen molar-refractivity contribution < 1.29 is 14.1 Å². The highest BCUT2D eigenvalue weighted by molar-refractivity contribution is 6.32. The van der Waals surface area contributed by atoms with E-state index >= 15 is 0 Å². The van der Waals surface area contributed by atoms with Crippen molar-refractivity contribution in [1.82, 2.24) is 9.78 Å². The van der Waals surface area contributed by atoms with E-state index in [1.165, 1.54) is 18.2 Å². The Balaban J connectivity index is 1.94. The van der Waals surface area contributed by atoms with E-state index in [2.05, 4.69) is 5.10 Å². The Bertz CT molecular complexity index is 1170. The first-order valence-corrected chi connectivity index (χ1v) is 8.42. The highest BCUT2D eigenvalue weighted by atomic mass is 35.5. The van der Waals surface area contributed by atoms with Gasteiger partial charge in [0.2, 0.25) is 0 Å². The molecule has 2 aromatic heterocycles. The third kappa shape index (κ3) is 3.70. The maximum atomic E-state index is 12.5. The topological polar surface area (TPSA) is 115 Å². The molecule has 0 radical (unpaired) electrons. The second-order valence-electron chi connectivity index (χ2n) is 5.94. The monoisotopic (exact) mass is 396 g/mol. The molecule has 140 valence electrons. The Hall–Kier alpha value is -3.70. The molecule has 1 aromatic carbocycles. The molecule has 0 aliphatic heterocycles. The number of halogens is 1. The molecule has 9 heteroatoms. The number of hydrogen-bond donors (Lipinski definition) is 0. The van der Waals surface area contributed by atoms with Crippen LogP contribution in [0.1, 0.15) is 21.9 Å². The second kappa shape index (κ2) is 7.50. The van der Waals surface area contributed by atoms with Gasteiger partial charge in [0.25, 0.3) is 11.6 Å². The van der Waals surface area contributed by atoms with Gasteiger partial charge in [0.1, 0.15) is 28.2 Å². The number of nitro benzene ring substituents is 1. The lowest BCUT2D eigenvalue weighted by Crippen LogP contribution is -2.15. The third-order valence-corrected chi connectivity index (χ3v) is 4.21. The normalized spacial score (nSPS) is 11.3. The molecular formula is C19H13ClN4O4. The van der Waals surface area contributed by atoms with E-state index in [0.717, 1.165) is 4.68 Å². The summed E-state index contributed by atoms with van der Waals surface area (Å²) in [5, 5.41) is 24.5. The van der Waals surface area contributed by atoms with Crippen molar-refractivity contribution in [3.8, 4) is 17.4 Å². The summed E-state index contributed by atoms with van der Waals surface area (Å²) in [6.07, 6.45) is 1.30.